The smallest absolute Gasteiger partial charge is 0.311 e. The van der Waals surface area contributed by atoms with Crippen LogP contribution < -0.4 is 5.32 Å². The average Bonchev–Trinajstić information content (AvgIpc) is 4.06. The van der Waals surface area contributed by atoms with Gasteiger partial charge in [0.1, 0.15) is 30.0 Å². The number of cyclic esters (lactones) is 1. The summed E-state index contributed by atoms with van der Waals surface area (Å²) in [5.41, 5.74) is -0.472. The summed E-state index contributed by atoms with van der Waals surface area (Å²) in [7, 11) is 5.31. The van der Waals surface area contributed by atoms with E-state index in [4.69, 9.17) is 28.4 Å². The number of nitrogens with zero attached hydrogens (tertiary/aromatic N) is 7. The van der Waals surface area contributed by atoms with Crippen molar-refractivity contribution in [3.63, 3.8) is 0 Å². The number of aliphatic hydroxyl groups excluding tert-OH is 3. The molecule has 3 saturated heterocycles. The molecule has 6 rings (SSSR count). The fraction of sp³-hybridized carbons (Fsp3) is 0.792. The van der Waals surface area contributed by atoms with Crippen molar-refractivity contribution in [3.05, 3.63) is 59.2 Å². The number of esters is 1. The third kappa shape index (κ3) is 14.7. The van der Waals surface area contributed by atoms with Gasteiger partial charge in [0.05, 0.1) is 59.1 Å². The lowest BCUT2D eigenvalue weighted by Crippen LogP contribution is -2.61. The van der Waals surface area contributed by atoms with Gasteiger partial charge in [-0.1, -0.05) is 50.3 Å². The molecule has 418 valence electrons. The van der Waals surface area contributed by atoms with E-state index in [1.54, 1.807) is 47.7 Å². The molecule has 0 aliphatic carbocycles. The summed E-state index contributed by atoms with van der Waals surface area (Å²) in [5, 5.41) is 82.6. The van der Waals surface area contributed by atoms with Gasteiger partial charge in [-0.3, -0.25) is 9.48 Å². The SMILES string of the molecule is CC[C@H]1OC(=O)[C@H](C)[C@@H](O[C@H]2C[C@@](C)(OC)[C@@H](O)[C@H](C)O2)[C@H](C)[C@@H](O[C@@H]2O[C@H](C)C[C@H](N(C)CCc3cn(CCc4ccc(CNCc5cn[nH]n5)cc4)nn3)[C@H]2O)[C@](C)(O)C[C@@H](C)CN(C)[C@H](C)[C@@H](O)[C@]1(C)O. The van der Waals surface area contributed by atoms with Crippen LogP contribution in [0.4, 0.5) is 0 Å². The van der Waals surface area contributed by atoms with Crippen LogP contribution in [0.5, 0.6) is 0 Å². The molecule has 0 bridgehead atoms. The Hall–Kier alpha value is -3.55. The van der Waals surface area contributed by atoms with Gasteiger partial charge in [0.2, 0.25) is 0 Å². The Bertz CT molecular complexity index is 2170. The lowest BCUT2D eigenvalue weighted by Gasteiger charge is -2.49. The van der Waals surface area contributed by atoms with Crippen molar-refractivity contribution >= 4 is 5.97 Å². The maximum absolute atomic E-state index is 14.5. The van der Waals surface area contributed by atoms with E-state index in [1.807, 2.05) is 50.6 Å². The number of hydrogen-bond donors (Lipinski definition) is 7. The molecule has 21 nitrogen and oxygen atoms in total. The Morgan fingerprint density at radius 2 is 1.64 bits per heavy atom. The molecule has 74 heavy (non-hydrogen) atoms. The molecule has 0 radical (unpaired) electrons. The molecule has 0 saturated carbocycles. The zero-order valence-electron chi connectivity index (χ0n) is 46.1. The van der Waals surface area contributed by atoms with Gasteiger partial charge in [0.25, 0.3) is 0 Å². The summed E-state index contributed by atoms with van der Waals surface area (Å²) in [6.07, 6.45) is -3.93. The molecule has 18 atom stereocenters. The van der Waals surface area contributed by atoms with Gasteiger partial charge >= 0.3 is 5.97 Å². The lowest BCUT2D eigenvalue weighted by atomic mass is 9.77. The number of methoxy groups -OCH3 is 1. The zero-order chi connectivity index (χ0) is 54.3. The van der Waals surface area contributed by atoms with Gasteiger partial charge in [-0.25, -0.2) is 0 Å². The van der Waals surface area contributed by atoms with E-state index in [-0.39, 0.29) is 31.3 Å². The van der Waals surface area contributed by atoms with Gasteiger partial charge in [0.15, 0.2) is 12.6 Å². The molecule has 3 fully saturated rings. The van der Waals surface area contributed by atoms with Gasteiger partial charge < -0.3 is 69.1 Å². The minimum Gasteiger partial charge on any atom is -0.459 e. The molecular weight excluding hydrogens is 955 g/mol. The maximum Gasteiger partial charge on any atom is 0.311 e. The highest BCUT2D eigenvalue weighted by Crippen LogP contribution is 2.40. The summed E-state index contributed by atoms with van der Waals surface area (Å²) >= 11 is 0. The topological polar surface area (TPSA) is 264 Å². The summed E-state index contributed by atoms with van der Waals surface area (Å²) in [6, 6.07) is 7.52. The summed E-state index contributed by atoms with van der Waals surface area (Å²) < 4.78 is 40.2. The number of carbonyl (C=O) groups is 1. The number of aryl methyl sites for hydroxylation is 2. The number of hydrogen-bond acceptors (Lipinski definition) is 19. The number of H-pyrrole nitrogens is 1. The van der Waals surface area contributed by atoms with Crippen LogP contribution in [0.25, 0.3) is 0 Å². The van der Waals surface area contributed by atoms with Gasteiger partial charge in [0, 0.05) is 76.9 Å². The minimum absolute atomic E-state index is 0.106. The molecule has 1 aromatic carbocycles. The van der Waals surface area contributed by atoms with Crippen LogP contribution in [-0.2, 0) is 65.7 Å². The van der Waals surface area contributed by atoms with Crippen LogP contribution in [0.2, 0.25) is 0 Å². The minimum atomic E-state index is -1.83. The second-order valence-corrected chi connectivity index (χ2v) is 22.5. The molecule has 7 N–H and O–H groups in total. The first-order chi connectivity index (χ1) is 34.9. The van der Waals surface area contributed by atoms with E-state index in [1.165, 1.54) is 25.2 Å². The molecule has 0 unspecified atom stereocenters. The van der Waals surface area contributed by atoms with Crippen LogP contribution in [0, 0.1) is 17.8 Å². The fourth-order valence-corrected chi connectivity index (χ4v) is 11.4. The Kier molecular flexibility index (Phi) is 20.8. The van der Waals surface area contributed by atoms with E-state index in [9.17, 15) is 30.3 Å². The highest BCUT2D eigenvalue weighted by Gasteiger charge is 2.53. The molecule has 21 heteroatoms. The molecular formula is C53H89N9O12. The number of aromatic amines is 1. The molecule has 2 aromatic heterocycles. The number of aromatic nitrogens is 6. The normalized spacial score (nSPS) is 38.4. The summed E-state index contributed by atoms with van der Waals surface area (Å²) in [6.45, 7) is 20.6. The second kappa shape index (κ2) is 25.7. The average molecular weight is 1040 g/mol. The van der Waals surface area contributed by atoms with Crippen molar-refractivity contribution in [2.75, 3.05) is 34.3 Å². The molecule has 3 aliphatic heterocycles. The predicted octanol–water partition coefficient (Wildman–Crippen LogP) is 2.76. The van der Waals surface area contributed by atoms with Crippen molar-refractivity contribution in [1.82, 2.24) is 45.5 Å². The van der Waals surface area contributed by atoms with E-state index >= 15 is 0 Å². The van der Waals surface area contributed by atoms with Crippen LogP contribution in [0.3, 0.4) is 0 Å². The fourth-order valence-electron chi connectivity index (χ4n) is 11.4. The first kappa shape index (κ1) is 59.7. The van der Waals surface area contributed by atoms with E-state index in [0.29, 0.717) is 39.0 Å². The Morgan fingerprint density at radius 1 is 0.932 bits per heavy atom. The number of nitrogens with one attached hydrogen (secondary N) is 2. The van der Waals surface area contributed by atoms with E-state index in [0.717, 1.165) is 24.4 Å². The maximum atomic E-state index is 14.5. The van der Waals surface area contributed by atoms with Crippen LogP contribution >= 0.6 is 0 Å². The van der Waals surface area contributed by atoms with Crippen LogP contribution in [0.1, 0.15) is 117 Å². The Labute approximate surface area is 437 Å². The van der Waals surface area contributed by atoms with Crippen molar-refractivity contribution in [2.45, 2.75) is 218 Å². The largest absolute Gasteiger partial charge is 0.459 e. The van der Waals surface area contributed by atoms with Crippen molar-refractivity contribution in [1.29, 1.82) is 0 Å². The number of benzene rings is 1. The number of ether oxygens (including phenoxy) is 6. The molecule has 3 aromatic rings. The number of carbonyl (C=O) groups excluding carboxylic acids is 1. The predicted molar refractivity (Wildman–Crippen MR) is 274 cm³/mol. The van der Waals surface area contributed by atoms with Gasteiger partial charge in [-0.05, 0) is 105 Å². The van der Waals surface area contributed by atoms with Crippen LogP contribution in [-0.4, -0.2) is 196 Å². The van der Waals surface area contributed by atoms with Crippen LogP contribution in [0.15, 0.2) is 36.7 Å². The quantitative estimate of drug-likeness (QED) is 0.0959. The molecule has 0 spiro atoms. The molecule has 5 heterocycles. The third-order valence-corrected chi connectivity index (χ3v) is 16.2. The van der Waals surface area contributed by atoms with Gasteiger partial charge in [-0.15, -0.1) is 5.10 Å². The summed E-state index contributed by atoms with van der Waals surface area (Å²) in [4.78, 5) is 18.5. The molecule has 0 amide bonds. The van der Waals surface area contributed by atoms with E-state index in [2.05, 4.69) is 60.2 Å². The first-order valence-electron chi connectivity index (χ1n) is 26.7. The first-order valence-corrected chi connectivity index (χ1v) is 26.7. The number of rotatable bonds is 17. The standard InChI is InChI=1S/C53H89N9O12/c1-14-42-53(10,68)46(64)35(6)61(12)29-31(2)24-51(8,67)48(33(4)45(34(5)49(66)72-42)73-43-25-52(9,69-13)47(65)36(7)71-43)74-50-44(63)41(23-32(3)70-50)60(11)21-20-39-30-62(59-57-39)22-19-37-15-17-38(18-16-37)26-54-27-40-28-55-58-56-40/h15-18,28,30-36,41-48,50,54,63-65,67-68H,14,19-27,29H2,1-13H3,(H,55,56,58)/t31-,32-,33+,34-,35-,36+,41+,42-,43+,44-,45+,46-,47+,48-,50+,51-,52-,53-/m1/s1. The van der Waals surface area contributed by atoms with Crippen molar-refractivity contribution in [2.24, 2.45) is 17.8 Å². The molecule has 3 aliphatic rings. The number of aliphatic hydroxyl groups is 5. The van der Waals surface area contributed by atoms with Crippen molar-refractivity contribution < 1.29 is 58.7 Å². The highest BCUT2D eigenvalue weighted by molar-refractivity contribution is 5.73. The number of likely N-dealkylation sites (N-methyl/N-ethyl adjacent to an activating group) is 2. The Morgan fingerprint density at radius 3 is 2.30 bits per heavy atom. The van der Waals surface area contributed by atoms with E-state index < -0.39 is 102 Å². The third-order valence-electron chi connectivity index (χ3n) is 16.2. The monoisotopic (exact) mass is 1040 g/mol. The van der Waals surface area contributed by atoms with Gasteiger partial charge in [-0.2, -0.15) is 15.4 Å². The second-order valence-electron chi connectivity index (χ2n) is 22.5. The van der Waals surface area contributed by atoms with Crippen molar-refractivity contribution in [3.8, 4) is 0 Å². The zero-order valence-corrected chi connectivity index (χ0v) is 46.1. The lowest BCUT2D eigenvalue weighted by molar-refractivity contribution is -0.318. The highest BCUT2D eigenvalue weighted by atomic mass is 16.7. The Balaban J connectivity index is 1.19. The summed E-state index contributed by atoms with van der Waals surface area (Å²) in [5.74, 6) is -2.76.